The van der Waals surface area contributed by atoms with Crippen LogP contribution in [0.4, 0.5) is 0 Å². The van der Waals surface area contributed by atoms with Crippen molar-refractivity contribution in [3.05, 3.63) is 0 Å². The Kier molecular flexibility index (Phi) is 10.8. The second-order valence-corrected chi connectivity index (χ2v) is 5.73. The molecule has 0 saturated carbocycles. The van der Waals surface area contributed by atoms with Crippen LogP contribution in [0.25, 0.3) is 0 Å². The van der Waals surface area contributed by atoms with Gasteiger partial charge >= 0.3 is 5.97 Å². The first-order valence-corrected chi connectivity index (χ1v) is 7.91. The van der Waals surface area contributed by atoms with E-state index in [9.17, 15) is 4.79 Å². The van der Waals surface area contributed by atoms with Crippen LogP contribution >= 0.6 is 11.8 Å². The predicted molar refractivity (Wildman–Crippen MR) is 75.5 cm³/mol. The Morgan fingerprint density at radius 1 is 1.24 bits per heavy atom. The number of carbonyl (C=O) groups is 1. The molecule has 0 rings (SSSR count). The lowest BCUT2D eigenvalue weighted by atomic mass is 10.0. The van der Waals surface area contributed by atoms with Crippen molar-refractivity contribution in [3.8, 4) is 0 Å². The van der Waals surface area contributed by atoms with E-state index in [-0.39, 0.29) is 0 Å². The lowest BCUT2D eigenvalue weighted by Gasteiger charge is -2.16. The van der Waals surface area contributed by atoms with E-state index in [2.05, 4.69) is 6.92 Å². The van der Waals surface area contributed by atoms with Crippen LogP contribution in [-0.2, 0) is 4.79 Å². The van der Waals surface area contributed by atoms with Gasteiger partial charge in [0.1, 0.15) is 6.04 Å². The van der Waals surface area contributed by atoms with Crippen LogP contribution in [0.2, 0.25) is 0 Å². The number of nitrogens with two attached hydrogens (primary N) is 1. The Bertz CT molecular complexity index is 200. The third-order valence-electron chi connectivity index (χ3n) is 3.05. The van der Waals surface area contributed by atoms with E-state index in [1.807, 2.05) is 6.26 Å². The Hall–Kier alpha value is -0.220. The molecule has 0 saturated heterocycles. The highest BCUT2D eigenvalue weighted by molar-refractivity contribution is 7.99. The summed E-state index contributed by atoms with van der Waals surface area (Å²) in [5.74, 6) is -0.882. The van der Waals surface area contributed by atoms with Gasteiger partial charge in [0.05, 0.1) is 0 Å². The summed E-state index contributed by atoms with van der Waals surface area (Å²) in [5.41, 5.74) is 5.55. The van der Waals surface area contributed by atoms with Crippen LogP contribution in [0.3, 0.4) is 0 Å². The van der Waals surface area contributed by atoms with Crippen molar-refractivity contribution in [1.82, 2.24) is 0 Å². The first-order valence-electron chi connectivity index (χ1n) is 6.63. The van der Waals surface area contributed by atoms with Gasteiger partial charge in [0.2, 0.25) is 0 Å². The van der Waals surface area contributed by atoms with Crippen LogP contribution in [-0.4, -0.2) is 28.6 Å². The summed E-state index contributed by atoms with van der Waals surface area (Å²) in [4.78, 5) is 10.7. The lowest BCUT2D eigenvalue weighted by Crippen LogP contribution is -2.33. The van der Waals surface area contributed by atoms with E-state index in [0.717, 1.165) is 6.42 Å². The van der Waals surface area contributed by atoms with Gasteiger partial charge in [-0.1, -0.05) is 45.4 Å². The van der Waals surface area contributed by atoms with E-state index in [0.29, 0.717) is 11.7 Å². The van der Waals surface area contributed by atoms with Gasteiger partial charge in [-0.3, -0.25) is 4.79 Å². The highest BCUT2D eigenvalue weighted by Gasteiger charge is 2.17. The van der Waals surface area contributed by atoms with Crippen LogP contribution in [0.15, 0.2) is 0 Å². The largest absolute Gasteiger partial charge is 0.480 e. The van der Waals surface area contributed by atoms with Crippen LogP contribution in [0.5, 0.6) is 0 Å². The summed E-state index contributed by atoms with van der Waals surface area (Å²) in [6, 6.07) is -0.701. The first-order chi connectivity index (χ1) is 8.11. The zero-order valence-electron chi connectivity index (χ0n) is 11.2. The van der Waals surface area contributed by atoms with Gasteiger partial charge in [-0.2, -0.15) is 11.8 Å². The quantitative estimate of drug-likeness (QED) is 0.560. The molecule has 0 radical (unpaired) electrons. The fourth-order valence-corrected chi connectivity index (χ4v) is 2.67. The highest BCUT2D eigenvalue weighted by Crippen LogP contribution is 2.20. The molecule has 2 atom stereocenters. The number of aliphatic carboxylic acids is 1. The van der Waals surface area contributed by atoms with Crippen LogP contribution in [0, 0.1) is 0 Å². The van der Waals surface area contributed by atoms with Crippen molar-refractivity contribution >= 4 is 17.7 Å². The SMILES string of the molecule is CCCCCCCCC(C[C@H](N)C(=O)O)SC. The third kappa shape index (κ3) is 9.48. The van der Waals surface area contributed by atoms with Gasteiger partial charge in [0.15, 0.2) is 0 Å². The Morgan fingerprint density at radius 2 is 1.82 bits per heavy atom. The monoisotopic (exact) mass is 261 g/mol. The molecule has 0 aliphatic rings. The van der Waals surface area contributed by atoms with E-state index < -0.39 is 12.0 Å². The Balaban J connectivity index is 3.57. The summed E-state index contributed by atoms with van der Waals surface area (Å²) in [7, 11) is 0. The van der Waals surface area contributed by atoms with Gasteiger partial charge in [0.25, 0.3) is 0 Å². The fraction of sp³-hybridized carbons (Fsp3) is 0.923. The molecule has 0 bridgehead atoms. The summed E-state index contributed by atoms with van der Waals surface area (Å²) in [5, 5.41) is 9.16. The minimum absolute atomic E-state index is 0.396. The van der Waals surface area contributed by atoms with Gasteiger partial charge in [-0.15, -0.1) is 0 Å². The van der Waals surface area contributed by atoms with Crippen LogP contribution < -0.4 is 5.73 Å². The molecule has 17 heavy (non-hydrogen) atoms. The zero-order chi connectivity index (χ0) is 13.1. The maximum atomic E-state index is 10.7. The summed E-state index contributed by atoms with van der Waals surface area (Å²) in [6.45, 7) is 2.22. The number of carboxylic acids is 1. The summed E-state index contributed by atoms with van der Waals surface area (Å²) >= 11 is 1.74. The molecule has 0 fully saturated rings. The van der Waals surface area contributed by atoms with E-state index >= 15 is 0 Å². The van der Waals surface area contributed by atoms with Gasteiger partial charge in [-0.05, 0) is 19.1 Å². The van der Waals surface area contributed by atoms with Gasteiger partial charge in [0, 0.05) is 5.25 Å². The van der Waals surface area contributed by atoms with Crippen LogP contribution in [0.1, 0.15) is 58.3 Å². The molecule has 3 N–H and O–H groups in total. The average Bonchev–Trinajstić information content (AvgIpc) is 2.31. The van der Waals surface area contributed by atoms with E-state index in [1.165, 1.54) is 38.5 Å². The minimum Gasteiger partial charge on any atom is -0.480 e. The van der Waals surface area contributed by atoms with Crippen molar-refractivity contribution in [2.75, 3.05) is 6.26 Å². The molecule has 0 amide bonds. The minimum atomic E-state index is -0.882. The third-order valence-corrected chi connectivity index (χ3v) is 4.14. The van der Waals surface area contributed by atoms with Crippen molar-refractivity contribution in [3.63, 3.8) is 0 Å². The second-order valence-electron chi connectivity index (χ2n) is 4.59. The summed E-state index contributed by atoms with van der Waals surface area (Å²) in [6.07, 6.45) is 11.4. The average molecular weight is 261 g/mol. The second kappa shape index (κ2) is 10.9. The van der Waals surface area contributed by atoms with Crippen molar-refractivity contribution in [1.29, 1.82) is 0 Å². The van der Waals surface area contributed by atoms with Crippen molar-refractivity contribution < 1.29 is 9.90 Å². The normalized spacial score (nSPS) is 14.5. The number of hydrogen-bond donors (Lipinski definition) is 2. The topological polar surface area (TPSA) is 63.3 Å². The molecule has 3 nitrogen and oxygen atoms in total. The molecular formula is C13H27NO2S. The molecule has 0 aliphatic carbocycles. The number of thioether (sulfide) groups is 1. The number of rotatable bonds is 11. The fourth-order valence-electron chi connectivity index (χ4n) is 1.87. The van der Waals surface area contributed by atoms with E-state index in [1.54, 1.807) is 11.8 Å². The predicted octanol–water partition coefficient (Wildman–Crippen LogP) is 3.27. The molecule has 0 spiro atoms. The number of hydrogen-bond acceptors (Lipinski definition) is 3. The number of carboxylic acid groups (broad SMARTS) is 1. The smallest absolute Gasteiger partial charge is 0.320 e. The summed E-state index contributed by atoms with van der Waals surface area (Å²) < 4.78 is 0. The maximum absolute atomic E-state index is 10.7. The molecular weight excluding hydrogens is 234 g/mol. The lowest BCUT2D eigenvalue weighted by molar-refractivity contribution is -0.138. The van der Waals surface area contributed by atoms with E-state index in [4.69, 9.17) is 10.8 Å². The Morgan fingerprint density at radius 3 is 2.35 bits per heavy atom. The van der Waals surface area contributed by atoms with Gasteiger partial charge in [-0.25, -0.2) is 0 Å². The molecule has 0 aliphatic heterocycles. The van der Waals surface area contributed by atoms with Crippen molar-refractivity contribution in [2.24, 2.45) is 5.73 Å². The molecule has 0 aromatic rings. The Labute approximate surface area is 110 Å². The molecule has 0 aromatic heterocycles. The molecule has 4 heteroatoms. The maximum Gasteiger partial charge on any atom is 0.320 e. The molecule has 102 valence electrons. The van der Waals surface area contributed by atoms with Gasteiger partial charge < -0.3 is 10.8 Å². The molecule has 1 unspecified atom stereocenters. The number of unbranched alkanes of at least 4 members (excludes halogenated alkanes) is 5. The molecule has 0 heterocycles. The molecule has 0 aromatic carbocycles. The standard InChI is InChI=1S/C13H27NO2S/c1-3-4-5-6-7-8-9-11(17-2)10-12(14)13(15)16/h11-12H,3-10,14H2,1-2H3,(H,15,16)/t11?,12-/m0/s1. The zero-order valence-corrected chi connectivity index (χ0v) is 12.0. The van der Waals surface area contributed by atoms with Crippen molar-refractivity contribution in [2.45, 2.75) is 69.6 Å². The highest BCUT2D eigenvalue weighted by atomic mass is 32.2. The first kappa shape index (κ1) is 16.8.